The lowest BCUT2D eigenvalue weighted by atomic mass is 9.82. The molecule has 4 heterocycles. The van der Waals surface area contributed by atoms with Crippen molar-refractivity contribution in [3.63, 3.8) is 0 Å². The Hall–Kier alpha value is -4.43. The molecule has 0 spiro atoms. The van der Waals surface area contributed by atoms with Crippen LogP contribution in [-0.4, -0.2) is 57.6 Å². The maximum Gasteiger partial charge on any atom is 0.412 e. The minimum atomic E-state index is -0.938. The van der Waals surface area contributed by atoms with E-state index in [4.69, 9.17) is 0 Å². The van der Waals surface area contributed by atoms with E-state index in [1.807, 2.05) is 60.7 Å². The fourth-order valence-electron chi connectivity index (χ4n) is 6.09. The number of nitrogens with one attached hydrogen (secondary N) is 1. The van der Waals surface area contributed by atoms with Gasteiger partial charge in [0, 0.05) is 24.2 Å². The van der Waals surface area contributed by atoms with Crippen molar-refractivity contribution >= 4 is 35.2 Å². The summed E-state index contributed by atoms with van der Waals surface area (Å²) in [5, 5.41) is 10.5. The number of aromatic nitrogens is 2. The fraction of sp³-hybridized carbons (Fsp3) is 0.258. The van der Waals surface area contributed by atoms with Gasteiger partial charge >= 0.3 is 11.8 Å². The molecule has 1 amide bonds. The number of allylic oxidation sites excluding steroid dienone is 1. The molecule has 0 saturated carbocycles. The normalized spacial score (nSPS) is 20.5. The van der Waals surface area contributed by atoms with Crippen molar-refractivity contribution in [2.75, 3.05) is 24.5 Å². The number of aldehydes is 1. The van der Waals surface area contributed by atoms with Gasteiger partial charge in [-0.25, -0.2) is 9.59 Å². The second kappa shape index (κ2) is 10.4. The van der Waals surface area contributed by atoms with Crippen LogP contribution in [0.5, 0.6) is 0 Å². The van der Waals surface area contributed by atoms with Crippen LogP contribution in [0.2, 0.25) is 0 Å². The molecule has 0 radical (unpaired) electrons. The molecule has 1 atom stereocenters. The molecular weight excluding hydrogens is 492 g/mol. The van der Waals surface area contributed by atoms with Crippen LogP contribution in [0.15, 0.2) is 77.6 Å². The van der Waals surface area contributed by atoms with E-state index in [0.29, 0.717) is 29.2 Å². The number of anilines is 1. The number of hydrogen-bond donors (Lipinski definition) is 2. The van der Waals surface area contributed by atoms with Gasteiger partial charge in [-0.15, -0.1) is 0 Å². The van der Waals surface area contributed by atoms with Crippen LogP contribution in [0, 0.1) is 5.92 Å². The largest absolute Gasteiger partial charge is 0.465 e. The van der Waals surface area contributed by atoms with Crippen LogP contribution in [0.3, 0.4) is 0 Å². The van der Waals surface area contributed by atoms with Gasteiger partial charge in [-0.2, -0.15) is 0 Å². The van der Waals surface area contributed by atoms with Crippen LogP contribution >= 0.6 is 0 Å². The van der Waals surface area contributed by atoms with E-state index in [1.54, 1.807) is 27.7 Å². The Morgan fingerprint density at radius 1 is 1.03 bits per heavy atom. The standard InChI is InChI=1S/C31H30N4O4/c36-20-22-9-11-27-26(17-22)32-30(37)34(27)14-4-5-21-8-10-25(23-6-2-1-3-7-23)28(18-21)35(31(38)39)29-19-33-15-12-24(29)13-16-33/h1-11,17-18,20,24,29H,12-16,19H2,(H,32,37)(H,38,39)/b5-4+/t29-/m0/s1. The van der Waals surface area contributed by atoms with E-state index >= 15 is 0 Å². The second-order valence-corrected chi connectivity index (χ2v) is 10.3. The monoisotopic (exact) mass is 522 g/mol. The first-order chi connectivity index (χ1) is 19.0. The van der Waals surface area contributed by atoms with Crippen molar-refractivity contribution in [3.05, 3.63) is 94.4 Å². The molecule has 3 aliphatic rings. The lowest BCUT2D eigenvalue weighted by Crippen LogP contribution is -2.59. The molecule has 0 unspecified atom stereocenters. The minimum Gasteiger partial charge on any atom is -0.465 e. The summed E-state index contributed by atoms with van der Waals surface area (Å²) in [6, 6.07) is 20.8. The fourth-order valence-corrected chi connectivity index (χ4v) is 6.09. The van der Waals surface area contributed by atoms with Gasteiger partial charge < -0.3 is 15.0 Å². The molecule has 4 aromatic rings. The number of carboxylic acid groups (broad SMARTS) is 1. The lowest BCUT2D eigenvalue weighted by Gasteiger charge is -2.48. The summed E-state index contributed by atoms with van der Waals surface area (Å²) in [7, 11) is 0. The number of carbonyl (C=O) groups is 2. The second-order valence-electron chi connectivity index (χ2n) is 10.3. The molecule has 3 fully saturated rings. The topological polar surface area (TPSA) is 98.6 Å². The van der Waals surface area contributed by atoms with Crippen LogP contribution in [0.4, 0.5) is 10.5 Å². The molecule has 198 valence electrons. The number of rotatable bonds is 7. The van der Waals surface area contributed by atoms with Gasteiger partial charge in [0.05, 0.1) is 22.8 Å². The van der Waals surface area contributed by atoms with Gasteiger partial charge in [-0.3, -0.25) is 14.3 Å². The zero-order chi connectivity index (χ0) is 26.9. The van der Waals surface area contributed by atoms with Crippen LogP contribution < -0.4 is 10.6 Å². The number of fused-ring (bicyclic) bond motifs is 4. The smallest absolute Gasteiger partial charge is 0.412 e. The van der Waals surface area contributed by atoms with E-state index in [1.165, 1.54) is 0 Å². The molecule has 2 N–H and O–H groups in total. The van der Waals surface area contributed by atoms with E-state index in [2.05, 4.69) is 9.88 Å². The molecule has 3 aromatic carbocycles. The van der Waals surface area contributed by atoms with E-state index < -0.39 is 6.09 Å². The molecule has 8 heteroatoms. The van der Waals surface area contributed by atoms with Gasteiger partial charge in [0.15, 0.2) is 0 Å². The summed E-state index contributed by atoms with van der Waals surface area (Å²) < 4.78 is 1.61. The Balaban J connectivity index is 1.35. The summed E-state index contributed by atoms with van der Waals surface area (Å²) in [6.07, 6.45) is 5.66. The summed E-state index contributed by atoms with van der Waals surface area (Å²) in [5.74, 6) is 0.349. The average molecular weight is 523 g/mol. The number of carbonyl (C=O) groups excluding carboxylic acids is 1. The predicted molar refractivity (Wildman–Crippen MR) is 152 cm³/mol. The number of H-pyrrole nitrogens is 1. The zero-order valence-corrected chi connectivity index (χ0v) is 21.5. The molecular formula is C31H30N4O4. The maximum absolute atomic E-state index is 12.8. The Morgan fingerprint density at radius 3 is 2.49 bits per heavy atom. The number of nitrogens with zero attached hydrogens (tertiary/aromatic N) is 3. The highest BCUT2D eigenvalue weighted by Crippen LogP contribution is 2.38. The maximum atomic E-state index is 12.8. The molecule has 1 aromatic heterocycles. The van der Waals surface area contributed by atoms with Crippen molar-refractivity contribution in [1.82, 2.24) is 14.5 Å². The summed E-state index contributed by atoms with van der Waals surface area (Å²) in [6.45, 7) is 3.15. The first kappa shape index (κ1) is 24.9. The van der Waals surface area contributed by atoms with Crippen molar-refractivity contribution in [2.24, 2.45) is 5.92 Å². The van der Waals surface area contributed by atoms with Gasteiger partial charge in [-0.05, 0) is 67.2 Å². The minimum absolute atomic E-state index is 0.0901. The summed E-state index contributed by atoms with van der Waals surface area (Å²) >= 11 is 0. The molecule has 8 nitrogen and oxygen atoms in total. The van der Waals surface area contributed by atoms with Crippen molar-refractivity contribution < 1.29 is 14.7 Å². The van der Waals surface area contributed by atoms with Crippen LogP contribution in [0.1, 0.15) is 28.8 Å². The Kier molecular flexibility index (Phi) is 6.62. The Morgan fingerprint density at radius 2 is 1.79 bits per heavy atom. The summed E-state index contributed by atoms with van der Waals surface area (Å²) in [5.41, 5.74) is 4.96. The number of piperidine rings is 3. The first-order valence-corrected chi connectivity index (χ1v) is 13.3. The van der Waals surface area contributed by atoms with Crippen molar-refractivity contribution in [1.29, 1.82) is 0 Å². The highest BCUT2D eigenvalue weighted by Gasteiger charge is 2.40. The number of imidazole rings is 1. The zero-order valence-electron chi connectivity index (χ0n) is 21.5. The summed E-state index contributed by atoms with van der Waals surface area (Å²) in [4.78, 5) is 43.2. The van der Waals surface area contributed by atoms with Gasteiger partial charge in [0.2, 0.25) is 0 Å². The van der Waals surface area contributed by atoms with Gasteiger partial charge in [0.1, 0.15) is 6.29 Å². The highest BCUT2D eigenvalue weighted by molar-refractivity contribution is 5.94. The van der Waals surface area contributed by atoms with Gasteiger partial charge in [0.25, 0.3) is 0 Å². The quantitative estimate of drug-likeness (QED) is 0.329. The van der Waals surface area contributed by atoms with Crippen LogP contribution in [0.25, 0.3) is 28.2 Å². The third kappa shape index (κ3) is 4.79. The van der Waals surface area contributed by atoms with E-state index in [0.717, 1.165) is 61.0 Å². The molecule has 7 rings (SSSR count). The number of benzene rings is 3. The highest BCUT2D eigenvalue weighted by atomic mass is 16.4. The predicted octanol–water partition coefficient (Wildman–Crippen LogP) is 5.10. The van der Waals surface area contributed by atoms with Gasteiger partial charge in [-0.1, -0.05) is 54.6 Å². The molecule has 3 aliphatic heterocycles. The lowest BCUT2D eigenvalue weighted by molar-refractivity contribution is 0.0838. The third-order valence-corrected chi connectivity index (χ3v) is 8.06. The van der Waals surface area contributed by atoms with E-state index in [9.17, 15) is 19.5 Å². The molecule has 0 aliphatic carbocycles. The Labute approximate surface area is 225 Å². The third-order valence-electron chi connectivity index (χ3n) is 8.06. The van der Waals surface area contributed by atoms with Crippen LogP contribution in [-0.2, 0) is 6.54 Å². The number of aromatic amines is 1. The molecule has 39 heavy (non-hydrogen) atoms. The average Bonchev–Trinajstić information content (AvgIpc) is 3.28. The number of hydrogen-bond acceptors (Lipinski definition) is 4. The Bertz CT molecular complexity index is 1610. The van der Waals surface area contributed by atoms with Crippen molar-refractivity contribution in [2.45, 2.75) is 25.4 Å². The van der Waals surface area contributed by atoms with Crippen molar-refractivity contribution in [3.8, 4) is 11.1 Å². The number of amides is 1. The first-order valence-electron chi connectivity index (χ1n) is 13.3. The molecule has 2 bridgehead atoms. The SMILES string of the molecule is O=Cc1ccc2c(c1)[nH]c(=O)n2C/C=C/c1ccc(-c2ccccc2)c(N(C(=O)O)[C@H]2CN3CCC2CC3)c1. The van der Waals surface area contributed by atoms with E-state index in [-0.39, 0.29) is 11.7 Å². The molecule has 3 saturated heterocycles.